The lowest BCUT2D eigenvalue weighted by Gasteiger charge is -2.30. The molecule has 0 aliphatic heterocycles. The molecule has 0 aromatic heterocycles. The van der Waals surface area contributed by atoms with E-state index in [0.717, 1.165) is 12.3 Å². The van der Waals surface area contributed by atoms with Crippen LogP contribution in [0.1, 0.15) is 32.4 Å². The van der Waals surface area contributed by atoms with E-state index in [1.165, 1.54) is 5.56 Å². The smallest absolute Gasteiger partial charge is 0.119 e. The van der Waals surface area contributed by atoms with Crippen molar-refractivity contribution in [2.75, 3.05) is 20.8 Å². The first-order valence-corrected chi connectivity index (χ1v) is 6.54. The van der Waals surface area contributed by atoms with E-state index in [4.69, 9.17) is 9.47 Å². The van der Waals surface area contributed by atoms with Gasteiger partial charge in [0.25, 0.3) is 0 Å². The van der Waals surface area contributed by atoms with Gasteiger partial charge in [0, 0.05) is 7.11 Å². The Kier molecular flexibility index (Phi) is 6.16. The molecule has 18 heavy (non-hydrogen) atoms. The largest absolute Gasteiger partial charge is 0.497 e. The van der Waals surface area contributed by atoms with Gasteiger partial charge in [-0.3, -0.25) is 0 Å². The van der Waals surface area contributed by atoms with E-state index in [1.54, 1.807) is 14.2 Å². The van der Waals surface area contributed by atoms with Crippen LogP contribution >= 0.6 is 0 Å². The molecule has 0 radical (unpaired) electrons. The molecule has 0 fully saturated rings. The minimum atomic E-state index is 0.150. The summed E-state index contributed by atoms with van der Waals surface area (Å²) >= 11 is 0. The molecule has 0 saturated heterocycles. The van der Waals surface area contributed by atoms with Crippen LogP contribution in [0.2, 0.25) is 0 Å². The number of benzene rings is 1. The third-order valence-corrected chi connectivity index (χ3v) is 3.13. The van der Waals surface area contributed by atoms with Crippen LogP contribution < -0.4 is 10.1 Å². The van der Waals surface area contributed by atoms with Crippen molar-refractivity contribution in [3.63, 3.8) is 0 Å². The molecular weight excluding hydrogens is 226 g/mol. The molecule has 0 aliphatic rings. The second kappa shape index (κ2) is 7.39. The van der Waals surface area contributed by atoms with Crippen molar-refractivity contribution in [3.05, 3.63) is 29.8 Å². The summed E-state index contributed by atoms with van der Waals surface area (Å²) in [6.45, 7) is 7.38. The third-order valence-electron chi connectivity index (χ3n) is 3.13. The Labute approximate surface area is 110 Å². The Morgan fingerprint density at radius 2 is 1.94 bits per heavy atom. The molecule has 1 rings (SSSR count). The van der Waals surface area contributed by atoms with Crippen LogP contribution in [0.15, 0.2) is 24.3 Å². The molecule has 0 saturated carbocycles. The normalized spacial score (nSPS) is 14.6. The van der Waals surface area contributed by atoms with E-state index in [2.05, 4.69) is 38.2 Å². The van der Waals surface area contributed by atoms with E-state index < -0.39 is 0 Å². The van der Waals surface area contributed by atoms with Crippen molar-refractivity contribution in [3.8, 4) is 5.75 Å². The van der Waals surface area contributed by atoms with Crippen LogP contribution in [0.4, 0.5) is 0 Å². The highest BCUT2D eigenvalue weighted by molar-refractivity contribution is 5.31. The molecule has 0 amide bonds. The summed E-state index contributed by atoms with van der Waals surface area (Å²) in [4.78, 5) is 0. The fourth-order valence-electron chi connectivity index (χ4n) is 2.27. The summed E-state index contributed by atoms with van der Waals surface area (Å²) in [6.07, 6.45) is 0.150. The van der Waals surface area contributed by atoms with E-state index in [0.29, 0.717) is 5.92 Å². The quantitative estimate of drug-likeness (QED) is 0.808. The van der Waals surface area contributed by atoms with E-state index in [1.807, 2.05) is 12.1 Å². The number of hydrogen-bond donors (Lipinski definition) is 1. The highest BCUT2D eigenvalue weighted by atomic mass is 16.5. The van der Waals surface area contributed by atoms with Crippen molar-refractivity contribution >= 4 is 0 Å². The van der Waals surface area contributed by atoms with E-state index >= 15 is 0 Å². The molecule has 2 unspecified atom stereocenters. The Morgan fingerprint density at radius 1 is 1.22 bits per heavy atom. The monoisotopic (exact) mass is 251 g/mol. The van der Waals surface area contributed by atoms with Gasteiger partial charge in [0.1, 0.15) is 5.75 Å². The van der Waals surface area contributed by atoms with Gasteiger partial charge >= 0.3 is 0 Å². The summed E-state index contributed by atoms with van der Waals surface area (Å²) in [7, 11) is 3.47. The lowest BCUT2D eigenvalue weighted by molar-refractivity contribution is 0.0330. The lowest BCUT2D eigenvalue weighted by Crippen LogP contribution is -2.36. The van der Waals surface area contributed by atoms with E-state index in [-0.39, 0.29) is 12.1 Å². The Hall–Kier alpha value is -1.06. The number of ether oxygens (including phenoxy) is 2. The van der Waals surface area contributed by atoms with Gasteiger partial charge in [-0.25, -0.2) is 0 Å². The standard InChI is InChI=1S/C15H25NO2/c1-6-16-14(15(18-5)11(2)3)12-8-7-9-13(10-12)17-4/h7-11,14-16H,6H2,1-5H3. The minimum Gasteiger partial charge on any atom is -0.497 e. The van der Waals surface area contributed by atoms with Crippen LogP contribution in [0, 0.1) is 5.92 Å². The van der Waals surface area contributed by atoms with Crippen LogP contribution in [-0.2, 0) is 4.74 Å². The summed E-state index contributed by atoms with van der Waals surface area (Å²) in [6, 6.07) is 8.36. The summed E-state index contributed by atoms with van der Waals surface area (Å²) in [5.74, 6) is 1.33. The fourth-order valence-corrected chi connectivity index (χ4v) is 2.27. The summed E-state index contributed by atoms with van der Waals surface area (Å²) in [5, 5.41) is 3.50. The number of hydrogen-bond acceptors (Lipinski definition) is 3. The second-order valence-electron chi connectivity index (χ2n) is 4.76. The van der Waals surface area contributed by atoms with Crippen LogP contribution in [0.3, 0.4) is 0 Å². The molecule has 0 heterocycles. The molecule has 2 atom stereocenters. The molecule has 3 nitrogen and oxygen atoms in total. The van der Waals surface area contributed by atoms with Gasteiger partial charge in [-0.1, -0.05) is 32.9 Å². The maximum Gasteiger partial charge on any atom is 0.119 e. The second-order valence-corrected chi connectivity index (χ2v) is 4.76. The van der Waals surface area contributed by atoms with Gasteiger partial charge in [-0.05, 0) is 30.2 Å². The predicted molar refractivity (Wildman–Crippen MR) is 75.0 cm³/mol. The molecule has 0 aliphatic carbocycles. The molecule has 1 aromatic rings. The number of rotatable bonds is 7. The topological polar surface area (TPSA) is 30.5 Å². The van der Waals surface area contributed by atoms with Crippen molar-refractivity contribution < 1.29 is 9.47 Å². The zero-order valence-corrected chi connectivity index (χ0v) is 12.1. The van der Waals surface area contributed by atoms with Crippen molar-refractivity contribution in [1.82, 2.24) is 5.32 Å². The molecule has 102 valence electrons. The lowest BCUT2D eigenvalue weighted by atomic mass is 9.93. The Balaban J connectivity index is 3.01. The van der Waals surface area contributed by atoms with Gasteiger partial charge in [-0.2, -0.15) is 0 Å². The van der Waals surface area contributed by atoms with Gasteiger partial charge in [0.15, 0.2) is 0 Å². The van der Waals surface area contributed by atoms with Crippen LogP contribution in [0.5, 0.6) is 5.75 Å². The minimum absolute atomic E-state index is 0.150. The first kappa shape index (κ1) is 15.0. The maximum absolute atomic E-state index is 5.65. The van der Waals surface area contributed by atoms with Crippen molar-refractivity contribution in [1.29, 1.82) is 0 Å². The SMILES string of the molecule is CCNC(c1cccc(OC)c1)C(OC)C(C)C. The Bertz CT molecular complexity index is 352. The van der Waals surface area contributed by atoms with Crippen molar-refractivity contribution in [2.24, 2.45) is 5.92 Å². The Morgan fingerprint density at radius 3 is 2.44 bits per heavy atom. The average Bonchev–Trinajstić information content (AvgIpc) is 2.38. The summed E-state index contributed by atoms with van der Waals surface area (Å²) in [5.41, 5.74) is 1.21. The molecule has 1 aromatic carbocycles. The number of methoxy groups -OCH3 is 2. The molecule has 0 spiro atoms. The van der Waals surface area contributed by atoms with Gasteiger partial charge in [0.2, 0.25) is 0 Å². The first-order chi connectivity index (χ1) is 8.63. The maximum atomic E-state index is 5.65. The zero-order chi connectivity index (χ0) is 13.5. The highest BCUT2D eigenvalue weighted by Crippen LogP contribution is 2.26. The molecular formula is C15H25NO2. The van der Waals surface area contributed by atoms with Gasteiger partial charge < -0.3 is 14.8 Å². The highest BCUT2D eigenvalue weighted by Gasteiger charge is 2.25. The van der Waals surface area contributed by atoms with Gasteiger partial charge in [-0.15, -0.1) is 0 Å². The molecule has 1 N–H and O–H groups in total. The van der Waals surface area contributed by atoms with Gasteiger partial charge in [0.05, 0.1) is 19.3 Å². The fraction of sp³-hybridized carbons (Fsp3) is 0.600. The predicted octanol–water partition coefficient (Wildman–Crippen LogP) is 3.02. The number of likely N-dealkylation sites (N-methyl/N-ethyl adjacent to an activating group) is 1. The summed E-state index contributed by atoms with van der Waals surface area (Å²) < 4.78 is 10.9. The molecule has 0 bridgehead atoms. The third kappa shape index (κ3) is 3.72. The number of nitrogens with one attached hydrogen (secondary N) is 1. The van der Waals surface area contributed by atoms with Crippen molar-refractivity contribution in [2.45, 2.75) is 32.9 Å². The van der Waals surface area contributed by atoms with E-state index in [9.17, 15) is 0 Å². The first-order valence-electron chi connectivity index (χ1n) is 6.54. The van der Waals surface area contributed by atoms with Crippen LogP contribution in [-0.4, -0.2) is 26.9 Å². The zero-order valence-electron chi connectivity index (χ0n) is 12.1. The average molecular weight is 251 g/mol. The van der Waals surface area contributed by atoms with Crippen LogP contribution in [0.25, 0.3) is 0 Å². The molecule has 3 heteroatoms.